The molecule has 0 aliphatic carbocycles. The molecule has 1 aromatic heterocycles. The summed E-state index contributed by atoms with van der Waals surface area (Å²) in [5, 5.41) is 0. The molecule has 0 atom stereocenters. The van der Waals surface area contributed by atoms with Crippen LogP contribution in [0, 0.1) is 0 Å². The number of carbonyl (C=O) groups excluding carboxylic acids is 1. The molecule has 1 heterocycles. The molecule has 0 amide bonds. The Kier molecular flexibility index (Phi) is 4.74. The van der Waals surface area contributed by atoms with Crippen molar-refractivity contribution in [3.8, 4) is 0 Å². The van der Waals surface area contributed by atoms with E-state index >= 15 is 0 Å². The number of carbonyl (C=O) groups is 1. The molecule has 0 saturated carbocycles. The maximum atomic E-state index is 10.1. The van der Waals surface area contributed by atoms with Crippen LogP contribution in [0.25, 0.3) is 0 Å². The minimum atomic E-state index is 0.649. The number of anilines is 1. The van der Waals surface area contributed by atoms with Crippen LogP contribution >= 0.6 is 0 Å². The highest BCUT2D eigenvalue weighted by Crippen LogP contribution is 2.06. The van der Waals surface area contributed by atoms with Crippen LogP contribution in [-0.4, -0.2) is 30.3 Å². The minimum absolute atomic E-state index is 0.649. The Morgan fingerprint density at radius 1 is 1.27 bits per heavy atom. The molecule has 0 radical (unpaired) electrons. The third-order valence-corrected chi connectivity index (χ3v) is 2.13. The van der Waals surface area contributed by atoms with Crippen LogP contribution in [-0.2, 0) is 11.2 Å². The summed E-state index contributed by atoms with van der Waals surface area (Å²) in [6.07, 6.45) is 8.22. The largest absolute Gasteiger partial charge is 0.347 e. The van der Waals surface area contributed by atoms with Crippen molar-refractivity contribution in [2.45, 2.75) is 25.7 Å². The van der Waals surface area contributed by atoms with Gasteiger partial charge >= 0.3 is 0 Å². The lowest BCUT2D eigenvalue weighted by atomic mass is 10.1. The first-order chi connectivity index (χ1) is 7.24. The number of unbranched alkanes of at least 4 members (excludes halogenated alkanes) is 2. The molecule has 82 valence electrons. The third-order valence-electron chi connectivity index (χ3n) is 2.13. The maximum absolute atomic E-state index is 10.1. The first-order valence-corrected chi connectivity index (χ1v) is 5.16. The van der Waals surface area contributed by atoms with E-state index in [4.69, 9.17) is 0 Å². The van der Waals surface area contributed by atoms with Gasteiger partial charge in [0.05, 0.1) is 0 Å². The lowest BCUT2D eigenvalue weighted by Crippen LogP contribution is -2.12. The van der Waals surface area contributed by atoms with E-state index in [0.717, 1.165) is 37.1 Å². The van der Waals surface area contributed by atoms with E-state index in [0.29, 0.717) is 6.42 Å². The van der Waals surface area contributed by atoms with E-state index in [-0.39, 0.29) is 0 Å². The van der Waals surface area contributed by atoms with Gasteiger partial charge in [0, 0.05) is 32.9 Å². The molecule has 15 heavy (non-hydrogen) atoms. The molecule has 4 nitrogen and oxygen atoms in total. The monoisotopic (exact) mass is 207 g/mol. The summed E-state index contributed by atoms with van der Waals surface area (Å²) in [7, 11) is 3.83. The van der Waals surface area contributed by atoms with Gasteiger partial charge in [-0.3, -0.25) is 0 Å². The summed E-state index contributed by atoms with van der Waals surface area (Å²) < 4.78 is 0. The van der Waals surface area contributed by atoms with Crippen LogP contribution in [0.1, 0.15) is 24.8 Å². The predicted octanol–water partition coefficient (Wildman–Crippen LogP) is 1.45. The first-order valence-electron chi connectivity index (χ1n) is 5.16. The van der Waals surface area contributed by atoms with E-state index in [9.17, 15) is 4.79 Å². The number of rotatable bonds is 6. The quantitative estimate of drug-likeness (QED) is 0.523. The molecular formula is C11H17N3O. The molecule has 0 aliphatic heterocycles. The molecule has 0 fully saturated rings. The zero-order valence-electron chi connectivity index (χ0n) is 9.31. The summed E-state index contributed by atoms with van der Waals surface area (Å²) in [6, 6.07) is 0. The standard InChI is InChI=1S/C11H17N3O/c1-14(2)11-12-8-10(9-13-11)6-4-3-5-7-15/h7-9H,3-6H2,1-2H3. The van der Waals surface area contributed by atoms with Crippen LogP contribution in [0.2, 0.25) is 0 Å². The molecule has 0 N–H and O–H groups in total. The highest BCUT2D eigenvalue weighted by Gasteiger charge is 1.99. The van der Waals surface area contributed by atoms with Crippen LogP contribution < -0.4 is 4.90 Å². The first kappa shape index (κ1) is 11.6. The molecule has 0 unspecified atom stereocenters. The molecule has 0 aliphatic rings. The van der Waals surface area contributed by atoms with E-state index < -0.39 is 0 Å². The van der Waals surface area contributed by atoms with Gasteiger partial charge in [-0.05, 0) is 24.8 Å². The van der Waals surface area contributed by atoms with Crippen LogP contribution in [0.3, 0.4) is 0 Å². The van der Waals surface area contributed by atoms with E-state index in [2.05, 4.69) is 9.97 Å². The smallest absolute Gasteiger partial charge is 0.224 e. The van der Waals surface area contributed by atoms with Crippen LogP contribution in [0.4, 0.5) is 5.95 Å². The molecule has 1 rings (SSSR count). The number of aromatic nitrogens is 2. The van der Waals surface area contributed by atoms with Gasteiger partial charge in [0.25, 0.3) is 0 Å². The van der Waals surface area contributed by atoms with Crippen molar-refractivity contribution in [1.82, 2.24) is 9.97 Å². The number of hydrogen-bond acceptors (Lipinski definition) is 4. The molecule has 0 saturated heterocycles. The third kappa shape index (κ3) is 4.06. The Balaban J connectivity index is 2.39. The van der Waals surface area contributed by atoms with Gasteiger partial charge in [-0.1, -0.05) is 0 Å². The van der Waals surface area contributed by atoms with Crippen molar-refractivity contribution >= 4 is 12.2 Å². The lowest BCUT2D eigenvalue weighted by Gasteiger charge is -2.09. The van der Waals surface area contributed by atoms with Gasteiger partial charge in [0.1, 0.15) is 6.29 Å². The molecule has 0 bridgehead atoms. The van der Waals surface area contributed by atoms with Crippen molar-refractivity contribution in [2.24, 2.45) is 0 Å². The molecule has 1 aromatic rings. The van der Waals surface area contributed by atoms with Gasteiger partial charge in [-0.15, -0.1) is 0 Å². The Bertz CT molecular complexity index is 295. The minimum Gasteiger partial charge on any atom is -0.347 e. The SMILES string of the molecule is CN(C)c1ncc(CCCCC=O)cn1. The Hall–Kier alpha value is -1.45. The number of hydrogen-bond donors (Lipinski definition) is 0. The highest BCUT2D eigenvalue weighted by molar-refractivity contribution is 5.48. The second-order valence-corrected chi connectivity index (χ2v) is 3.70. The summed E-state index contributed by atoms with van der Waals surface area (Å²) in [6.45, 7) is 0. The molecular weight excluding hydrogens is 190 g/mol. The normalized spacial score (nSPS) is 10.0. The van der Waals surface area contributed by atoms with Crippen LogP contribution in [0.15, 0.2) is 12.4 Å². The number of aryl methyl sites for hydroxylation is 1. The summed E-state index contributed by atoms with van der Waals surface area (Å²) >= 11 is 0. The lowest BCUT2D eigenvalue weighted by molar-refractivity contribution is -0.107. The zero-order chi connectivity index (χ0) is 11.1. The zero-order valence-corrected chi connectivity index (χ0v) is 9.31. The summed E-state index contributed by atoms with van der Waals surface area (Å²) in [5.74, 6) is 0.728. The predicted molar refractivity (Wildman–Crippen MR) is 60.0 cm³/mol. The maximum Gasteiger partial charge on any atom is 0.224 e. The van der Waals surface area contributed by atoms with Crippen molar-refractivity contribution in [3.05, 3.63) is 18.0 Å². The Morgan fingerprint density at radius 3 is 2.47 bits per heavy atom. The molecule has 0 spiro atoms. The molecule has 0 aromatic carbocycles. The van der Waals surface area contributed by atoms with Gasteiger partial charge in [-0.25, -0.2) is 9.97 Å². The molecule has 4 heteroatoms. The van der Waals surface area contributed by atoms with E-state index in [1.54, 1.807) is 0 Å². The van der Waals surface area contributed by atoms with E-state index in [1.807, 2.05) is 31.4 Å². The number of aldehydes is 1. The van der Waals surface area contributed by atoms with Gasteiger partial charge < -0.3 is 9.69 Å². The fourth-order valence-corrected chi connectivity index (χ4v) is 1.26. The van der Waals surface area contributed by atoms with Crippen molar-refractivity contribution in [1.29, 1.82) is 0 Å². The Labute approximate surface area is 90.3 Å². The highest BCUT2D eigenvalue weighted by atomic mass is 16.1. The second kappa shape index (κ2) is 6.11. The van der Waals surface area contributed by atoms with Crippen molar-refractivity contribution in [2.75, 3.05) is 19.0 Å². The average Bonchev–Trinajstić information content (AvgIpc) is 2.25. The summed E-state index contributed by atoms with van der Waals surface area (Å²) in [4.78, 5) is 20.4. The fraction of sp³-hybridized carbons (Fsp3) is 0.545. The fourth-order valence-electron chi connectivity index (χ4n) is 1.26. The van der Waals surface area contributed by atoms with Crippen molar-refractivity contribution < 1.29 is 4.79 Å². The summed E-state index contributed by atoms with van der Waals surface area (Å²) in [5.41, 5.74) is 1.13. The van der Waals surface area contributed by atoms with E-state index in [1.165, 1.54) is 0 Å². The van der Waals surface area contributed by atoms with Crippen LogP contribution in [0.5, 0.6) is 0 Å². The van der Waals surface area contributed by atoms with Crippen molar-refractivity contribution in [3.63, 3.8) is 0 Å². The van der Waals surface area contributed by atoms with Gasteiger partial charge in [0.15, 0.2) is 0 Å². The average molecular weight is 207 g/mol. The van der Waals surface area contributed by atoms with Gasteiger partial charge in [-0.2, -0.15) is 0 Å². The second-order valence-electron chi connectivity index (χ2n) is 3.70. The Morgan fingerprint density at radius 2 is 1.93 bits per heavy atom. The topological polar surface area (TPSA) is 46.1 Å². The number of nitrogens with zero attached hydrogens (tertiary/aromatic N) is 3. The van der Waals surface area contributed by atoms with Gasteiger partial charge in [0.2, 0.25) is 5.95 Å².